The summed E-state index contributed by atoms with van der Waals surface area (Å²) in [4.78, 5) is 5.42. The third kappa shape index (κ3) is 3.14. The highest BCUT2D eigenvalue weighted by Crippen LogP contribution is 2.23. The van der Waals surface area contributed by atoms with Crippen molar-refractivity contribution in [2.75, 3.05) is 37.7 Å². The Balaban J connectivity index is 1.72. The minimum atomic E-state index is 0.793. The molecule has 0 aliphatic carbocycles. The molecule has 0 saturated carbocycles. The molecule has 2 nitrogen and oxygen atoms in total. The van der Waals surface area contributed by atoms with E-state index in [0.29, 0.717) is 0 Å². The molecule has 2 heterocycles. The minimum Gasteiger partial charge on any atom is -0.298 e. The Labute approximate surface area is 105 Å². The lowest BCUT2D eigenvalue weighted by molar-refractivity contribution is 0.0763. The lowest BCUT2D eigenvalue weighted by Crippen LogP contribution is -2.52. The Morgan fingerprint density at radius 2 is 2.19 bits per heavy atom. The molecule has 94 valence electrons. The summed E-state index contributed by atoms with van der Waals surface area (Å²) in [6.07, 6.45) is 4.23. The van der Waals surface area contributed by atoms with E-state index in [1.807, 2.05) is 0 Å². The Morgan fingerprint density at radius 3 is 3.00 bits per heavy atom. The van der Waals surface area contributed by atoms with E-state index in [2.05, 4.69) is 35.4 Å². The van der Waals surface area contributed by atoms with E-state index in [0.717, 1.165) is 12.1 Å². The van der Waals surface area contributed by atoms with Crippen LogP contribution in [0.3, 0.4) is 0 Å². The van der Waals surface area contributed by atoms with Crippen molar-refractivity contribution in [2.24, 2.45) is 0 Å². The molecule has 2 atom stereocenters. The van der Waals surface area contributed by atoms with Gasteiger partial charge in [-0.15, -0.1) is 0 Å². The van der Waals surface area contributed by atoms with Gasteiger partial charge in [0.05, 0.1) is 0 Å². The SMILES string of the molecule is CCSCCC(C)N1CCN2CCCC2C1. The predicted octanol–water partition coefficient (Wildman–Crippen LogP) is 2.30. The molecule has 16 heavy (non-hydrogen) atoms. The van der Waals surface area contributed by atoms with Crippen LogP contribution in [0.25, 0.3) is 0 Å². The highest BCUT2D eigenvalue weighted by Gasteiger charge is 2.31. The molecule has 2 aliphatic rings. The van der Waals surface area contributed by atoms with E-state index < -0.39 is 0 Å². The molecule has 0 aromatic carbocycles. The van der Waals surface area contributed by atoms with Gasteiger partial charge in [-0.1, -0.05) is 6.92 Å². The molecule has 0 aromatic heterocycles. The maximum absolute atomic E-state index is 2.72. The zero-order chi connectivity index (χ0) is 11.4. The van der Waals surface area contributed by atoms with Crippen LogP contribution >= 0.6 is 11.8 Å². The fourth-order valence-corrected chi connectivity index (χ4v) is 3.79. The van der Waals surface area contributed by atoms with Crippen molar-refractivity contribution in [1.82, 2.24) is 9.80 Å². The van der Waals surface area contributed by atoms with Crippen molar-refractivity contribution in [1.29, 1.82) is 0 Å². The number of hydrogen-bond donors (Lipinski definition) is 0. The summed E-state index contributed by atoms with van der Waals surface area (Å²) in [7, 11) is 0. The molecule has 0 amide bonds. The lowest BCUT2D eigenvalue weighted by atomic mass is 10.1. The van der Waals surface area contributed by atoms with Gasteiger partial charge < -0.3 is 0 Å². The van der Waals surface area contributed by atoms with Gasteiger partial charge in [0, 0.05) is 31.7 Å². The third-order valence-electron chi connectivity index (χ3n) is 4.13. The Hall–Kier alpha value is 0.270. The number of piperazine rings is 1. The summed E-state index contributed by atoms with van der Waals surface area (Å²) < 4.78 is 0. The normalized spacial score (nSPS) is 29.2. The van der Waals surface area contributed by atoms with Crippen LogP contribution < -0.4 is 0 Å². The molecule has 0 spiro atoms. The van der Waals surface area contributed by atoms with Gasteiger partial charge in [-0.3, -0.25) is 9.80 Å². The largest absolute Gasteiger partial charge is 0.298 e. The second-order valence-electron chi connectivity index (χ2n) is 5.16. The van der Waals surface area contributed by atoms with E-state index in [1.165, 1.54) is 56.9 Å². The average molecular weight is 242 g/mol. The fourth-order valence-electron chi connectivity index (χ4n) is 3.00. The smallest absolute Gasteiger partial charge is 0.0224 e. The predicted molar refractivity (Wildman–Crippen MR) is 73.2 cm³/mol. The topological polar surface area (TPSA) is 6.48 Å². The van der Waals surface area contributed by atoms with E-state index in [9.17, 15) is 0 Å². The molecule has 2 unspecified atom stereocenters. The average Bonchev–Trinajstić information content (AvgIpc) is 2.76. The van der Waals surface area contributed by atoms with Crippen LogP contribution in [0.15, 0.2) is 0 Å². The summed E-state index contributed by atoms with van der Waals surface area (Å²) in [5.41, 5.74) is 0. The molecule has 3 heteroatoms. The summed E-state index contributed by atoms with van der Waals surface area (Å²) in [6, 6.07) is 1.68. The van der Waals surface area contributed by atoms with Crippen LogP contribution in [0, 0.1) is 0 Å². The number of fused-ring (bicyclic) bond motifs is 1. The van der Waals surface area contributed by atoms with Crippen LogP contribution in [0.1, 0.15) is 33.1 Å². The van der Waals surface area contributed by atoms with Gasteiger partial charge in [0.15, 0.2) is 0 Å². The first kappa shape index (κ1) is 12.7. The lowest BCUT2D eigenvalue weighted by Gasteiger charge is -2.40. The number of hydrogen-bond acceptors (Lipinski definition) is 3. The second kappa shape index (κ2) is 6.27. The van der Waals surface area contributed by atoms with E-state index in [4.69, 9.17) is 0 Å². The van der Waals surface area contributed by atoms with Gasteiger partial charge in [0.2, 0.25) is 0 Å². The Kier molecular flexibility index (Phi) is 4.98. The fraction of sp³-hybridized carbons (Fsp3) is 1.00. The summed E-state index contributed by atoms with van der Waals surface area (Å²) >= 11 is 2.08. The van der Waals surface area contributed by atoms with Crippen LogP contribution in [-0.2, 0) is 0 Å². The highest BCUT2D eigenvalue weighted by atomic mass is 32.2. The van der Waals surface area contributed by atoms with Crippen LogP contribution in [0.4, 0.5) is 0 Å². The van der Waals surface area contributed by atoms with Gasteiger partial charge >= 0.3 is 0 Å². The quantitative estimate of drug-likeness (QED) is 0.683. The molecule has 2 saturated heterocycles. The van der Waals surface area contributed by atoms with Crippen LogP contribution in [-0.4, -0.2) is 59.6 Å². The molecule has 0 radical (unpaired) electrons. The van der Waals surface area contributed by atoms with Crippen molar-refractivity contribution >= 4 is 11.8 Å². The number of rotatable bonds is 5. The van der Waals surface area contributed by atoms with E-state index in [1.54, 1.807) is 0 Å². The first-order chi connectivity index (χ1) is 7.81. The van der Waals surface area contributed by atoms with Crippen molar-refractivity contribution in [3.63, 3.8) is 0 Å². The first-order valence-corrected chi connectivity index (χ1v) is 8.02. The minimum absolute atomic E-state index is 0.793. The van der Waals surface area contributed by atoms with Crippen molar-refractivity contribution in [3.05, 3.63) is 0 Å². The highest BCUT2D eigenvalue weighted by molar-refractivity contribution is 7.99. The second-order valence-corrected chi connectivity index (χ2v) is 6.56. The zero-order valence-corrected chi connectivity index (χ0v) is 11.6. The summed E-state index contributed by atoms with van der Waals surface area (Å²) in [6.45, 7) is 9.98. The zero-order valence-electron chi connectivity index (χ0n) is 10.8. The van der Waals surface area contributed by atoms with Gasteiger partial charge in [-0.05, 0) is 44.2 Å². The molecular weight excluding hydrogens is 216 g/mol. The van der Waals surface area contributed by atoms with Crippen molar-refractivity contribution < 1.29 is 0 Å². The van der Waals surface area contributed by atoms with Crippen LogP contribution in [0.5, 0.6) is 0 Å². The number of nitrogens with zero attached hydrogens (tertiary/aromatic N) is 2. The van der Waals surface area contributed by atoms with Gasteiger partial charge in [0.1, 0.15) is 0 Å². The molecule has 0 N–H and O–H groups in total. The Morgan fingerprint density at radius 1 is 1.31 bits per heavy atom. The van der Waals surface area contributed by atoms with Gasteiger partial charge in [-0.25, -0.2) is 0 Å². The van der Waals surface area contributed by atoms with Gasteiger partial charge in [-0.2, -0.15) is 11.8 Å². The van der Waals surface area contributed by atoms with Crippen molar-refractivity contribution in [3.8, 4) is 0 Å². The Bertz CT molecular complexity index is 210. The maximum atomic E-state index is 2.72. The first-order valence-electron chi connectivity index (χ1n) is 6.87. The van der Waals surface area contributed by atoms with E-state index in [-0.39, 0.29) is 0 Å². The standard InChI is InChI=1S/C13H26N2S/c1-3-16-10-6-12(2)15-9-8-14-7-4-5-13(14)11-15/h12-13H,3-11H2,1-2H3. The molecule has 2 fully saturated rings. The third-order valence-corrected chi connectivity index (χ3v) is 5.06. The molecule has 2 rings (SSSR count). The molecule has 0 bridgehead atoms. The number of thioether (sulfide) groups is 1. The summed E-state index contributed by atoms with van der Waals surface area (Å²) in [5, 5.41) is 0. The summed E-state index contributed by atoms with van der Waals surface area (Å²) in [5.74, 6) is 2.60. The van der Waals surface area contributed by atoms with E-state index >= 15 is 0 Å². The molecule has 2 aliphatic heterocycles. The van der Waals surface area contributed by atoms with Crippen molar-refractivity contribution in [2.45, 2.75) is 45.2 Å². The van der Waals surface area contributed by atoms with Gasteiger partial charge in [0.25, 0.3) is 0 Å². The maximum Gasteiger partial charge on any atom is 0.0224 e. The van der Waals surface area contributed by atoms with Crippen LogP contribution in [0.2, 0.25) is 0 Å². The molecule has 0 aromatic rings. The monoisotopic (exact) mass is 242 g/mol. The molecular formula is C13H26N2S.